The molecule has 0 bridgehead atoms. The van der Waals surface area contributed by atoms with E-state index in [0.717, 1.165) is 11.4 Å². The van der Waals surface area contributed by atoms with Crippen molar-refractivity contribution in [2.45, 2.75) is 0 Å². The number of nitrogens with zero attached hydrogens (tertiary/aromatic N) is 6. The topological polar surface area (TPSA) is 93.0 Å². The van der Waals surface area contributed by atoms with E-state index in [-0.39, 0.29) is 0 Å². The van der Waals surface area contributed by atoms with Gasteiger partial charge in [0.15, 0.2) is 0 Å². The lowest BCUT2D eigenvalue weighted by Gasteiger charge is -1.97. The third-order valence-electron chi connectivity index (χ3n) is 2.97. The third kappa shape index (κ3) is 3.67. The van der Waals surface area contributed by atoms with Gasteiger partial charge in [0.25, 0.3) is 0 Å². The summed E-state index contributed by atoms with van der Waals surface area (Å²) < 4.78 is 4.13. The average molecular weight is 356 g/mol. The summed E-state index contributed by atoms with van der Waals surface area (Å²) in [4.78, 5) is 0. The highest BCUT2D eigenvalue weighted by molar-refractivity contribution is 7.71. The zero-order valence-corrected chi connectivity index (χ0v) is 13.9. The number of rotatable bonds is 2. The zero-order chi connectivity index (χ0) is 16.8. The second-order valence-corrected chi connectivity index (χ2v) is 5.24. The molecule has 24 heavy (non-hydrogen) atoms. The highest BCUT2D eigenvalue weighted by Crippen LogP contribution is 2.04. The van der Waals surface area contributed by atoms with E-state index in [1.54, 1.807) is 9.36 Å². The lowest BCUT2D eigenvalue weighted by Crippen LogP contribution is -1.95. The van der Waals surface area contributed by atoms with Gasteiger partial charge < -0.3 is 0 Å². The number of hydrogen-bond acceptors (Lipinski definition) is 6. The lowest BCUT2D eigenvalue weighted by atomic mass is 10.3. The molecule has 4 aromatic rings. The highest BCUT2D eigenvalue weighted by atomic mass is 32.1. The van der Waals surface area contributed by atoms with E-state index < -0.39 is 0 Å². The summed E-state index contributed by atoms with van der Waals surface area (Å²) in [6.45, 7) is 0. The number of tetrazole rings is 2. The van der Waals surface area contributed by atoms with E-state index in [9.17, 15) is 0 Å². The largest absolute Gasteiger partial charge is 0.242 e. The second-order valence-electron chi connectivity index (χ2n) is 4.51. The fraction of sp³-hybridized carbons (Fsp3) is 0. The molecule has 0 spiro atoms. The van der Waals surface area contributed by atoms with Gasteiger partial charge in [-0.3, -0.25) is 0 Å². The Morgan fingerprint density at radius 1 is 0.625 bits per heavy atom. The molecule has 0 aliphatic rings. The quantitative estimate of drug-likeness (QED) is 0.536. The number of H-pyrrole nitrogens is 2. The maximum absolute atomic E-state index is 4.93. The number of benzene rings is 2. The zero-order valence-electron chi connectivity index (χ0n) is 12.3. The van der Waals surface area contributed by atoms with Gasteiger partial charge in [0.2, 0.25) is 9.54 Å². The van der Waals surface area contributed by atoms with Gasteiger partial charge in [-0.05, 0) is 48.7 Å². The number of aromatic nitrogens is 8. The number of nitrogens with one attached hydrogen (secondary N) is 2. The Hall–Kier alpha value is -2.98. The molecule has 8 nitrogen and oxygen atoms in total. The van der Waals surface area contributed by atoms with Crippen molar-refractivity contribution in [1.82, 2.24) is 40.4 Å². The maximum Gasteiger partial charge on any atom is 0.242 e. The summed E-state index contributed by atoms with van der Waals surface area (Å²) in [5.74, 6) is 0. The highest BCUT2D eigenvalue weighted by Gasteiger charge is 1.96. The van der Waals surface area contributed by atoms with Crippen molar-refractivity contribution in [1.29, 1.82) is 0 Å². The molecule has 2 N–H and O–H groups in total. The second kappa shape index (κ2) is 7.53. The Morgan fingerprint density at radius 2 is 1.00 bits per heavy atom. The number of aromatic amines is 2. The van der Waals surface area contributed by atoms with Crippen molar-refractivity contribution in [2.75, 3.05) is 0 Å². The van der Waals surface area contributed by atoms with Crippen LogP contribution >= 0.6 is 24.4 Å². The van der Waals surface area contributed by atoms with Gasteiger partial charge in [0.1, 0.15) is 0 Å². The van der Waals surface area contributed by atoms with Crippen LogP contribution in [0.5, 0.6) is 0 Å². The lowest BCUT2D eigenvalue weighted by molar-refractivity contribution is 0.786. The molecular weight excluding hydrogens is 344 g/mol. The minimum Gasteiger partial charge on any atom is -0.210 e. The predicted molar refractivity (Wildman–Crippen MR) is 93.1 cm³/mol. The molecule has 0 amide bonds. The maximum atomic E-state index is 4.93. The molecule has 0 fully saturated rings. The molecule has 120 valence electrons. The molecule has 0 aliphatic heterocycles. The van der Waals surface area contributed by atoms with Gasteiger partial charge in [0, 0.05) is 0 Å². The molecule has 10 heteroatoms. The van der Waals surface area contributed by atoms with Crippen molar-refractivity contribution < 1.29 is 0 Å². The van der Waals surface area contributed by atoms with E-state index in [2.05, 4.69) is 31.1 Å². The van der Waals surface area contributed by atoms with Crippen LogP contribution in [0, 0.1) is 9.54 Å². The SMILES string of the molecule is S=c1nn[nH]n1-c1ccccc1.S=c1nn[nH]n1-c1ccccc1. The Morgan fingerprint density at radius 3 is 1.29 bits per heavy atom. The van der Waals surface area contributed by atoms with Crippen LogP contribution in [-0.4, -0.2) is 40.4 Å². The van der Waals surface area contributed by atoms with Crippen molar-refractivity contribution >= 4 is 24.4 Å². The van der Waals surface area contributed by atoms with Crippen LogP contribution < -0.4 is 0 Å². The molecule has 2 heterocycles. The summed E-state index contributed by atoms with van der Waals surface area (Å²) in [5, 5.41) is 19.8. The standard InChI is InChI=1S/2C7H6N4S/c2*12-7-8-9-10-11(7)6-4-2-1-3-5-6/h2*1-5H,(H,8,10,12). The molecule has 0 atom stereocenters. The van der Waals surface area contributed by atoms with Crippen molar-refractivity contribution in [3.63, 3.8) is 0 Å². The van der Waals surface area contributed by atoms with Crippen LogP contribution in [0.15, 0.2) is 60.7 Å². The summed E-state index contributed by atoms with van der Waals surface area (Å²) in [7, 11) is 0. The molecule has 4 rings (SSSR count). The first-order valence-electron chi connectivity index (χ1n) is 6.87. The summed E-state index contributed by atoms with van der Waals surface area (Å²) >= 11 is 9.85. The minimum atomic E-state index is 0.432. The first-order valence-corrected chi connectivity index (χ1v) is 7.68. The van der Waals surface area contributed by atoms with E-state index >= 15 is 0 Å². The van der Waals surface area contributed by atoms with Crippen molar-refractivity contribution in [2.24, 2.45) is 0 Å². The average Bonchev–Trinajstić information content (AvgIpc) is 3.25. The number of hydrogen-bond donors (Lipinski definition) is 2. The smallest absolute Gasteiger partial charge is 0.210 e. The molecule has 0 aliphatic carbocycles. The number of para-hydroxylation sites is 2. The Bertz CT molecular complexity index is 916. The fourth-order valence-corrected chi connectivity index (χ4v) is 2.26. The van der Waals surface area contributed by atoms with E-state index in [4.69, 9.17) is 24.4 Å². The summed E-state index contributed by atoms with van der Waals surface area (Å²) in [5.41, 5.74) is 1.88. The minimum absolute atomic E-state index is 0.432. The van der Waals surface area contributed by atoms with Gasteiger partial charge >= 0.3 is 0 Å². The monoisotopic (exact) mass is 356 g/mol. The van der Waals surface area contributed by atoms with Crippen LogP contribution in [0.25, 0.3) is 11.4 Å². The molecular formula is C14H12N8S2. The van der Waals surface area contributed by atoms with Gasteiger partial charge in [-0.25, -0.2) is 9.36 Å². The van der Waals surface area contributed by atoms with Gasteiger partial charge in [-0.1, -0.05) is 57.0 Å². The third-order valence-corrected chi connectivity index (χ3v) is 3.50. The molecule has 0 radical (unpaired) electrons. The van der Waals surface area contributed by atoms with Crippen LogP contribution in [0.2, 0.25) is 0 Å². The Kier molecular flexibility index (Phi) is 4.99. The molecule has 0 saturated carbocycles. The first kappa shape index (κ1) is 15.9. The van der Waals surface area contributed by atoms with Crippen LogP contribution in [0.3, 0.4) is 0 Å². The van der Waals surface area contributed by atoms with E-state index in [0.29, 0.717) is 9.54 Å². The summed E-state index contributed by atoms with van der Waals surface area (Å²) in [6, 6.07) is 19.3. The van der Waals surface area contributed by atoms with Crippen LogP contribution in [0.1, 0.15) is 0 Å². The van der Waals surface area contributed by atoms with E-state index in [1.807, 2.05) is 60.7 Å². The fourth-order valence-electron chi connectivity index (χ4n) is 1.89. The van der Waals surface area contributed by atoms with E-state index in [1.165, 1.54) is 0 Å². The molecule has 2 aromatic carbocycles. The predicted octanol–water partition coefficient (Wildman–Crippen LogP) is 2.65. The normalized spacial score (nSPS) is 10.0. The van der Waals surface area contributed by atoms with Crippen LogP contribution in [-0.2, 0) is 0 Å². The molecule has 0 unspecified atom stereocenters. The first-order chi connectivity index (χ1) is 11.8. The van der Waals surface area contributed by atoms with Gasteiger partial charge in [0.05, 0.1) is 11.4 Å². The van der Waals surface area contributed by atoms with Crippen LogP contribution in [0.4, 0.5) is 0 Å². The molecule has 2 aromatic heterocycles. The Labute approximate surface area is 146 Å². The van der Waals surface area contributed by atoms with Crippen molar-refractivity contribution in [3.05, 3.63) is 70.2 Å². The van der Waals surface area contributed by atoms with Crippen molar-refractivity contribution in [3.8, 4) is 11.4 Å². The van der Waals surface area contributed by atoms with Gasteiger partial charge in [-0.15, -0.1) is 0 Å². The Balaban J connectivity index is 0.000000141. The van der Waals surface area contributed by atoms with Gasteiger partial charge in [-0.2, -0.15) is 10.4 Å². The molecule has 0 saturated heterocycles. The summed E-state index contributed by atoms with van der Waals surface area (Å²) in [6.07, 6.45) is 0.